The summed E-state index contributed by atoms with van der Waals surface area (Å²) in [5.74, 6) is 0. The molecule has 2 heteroatoms. The van der Waals surface area contributed by atoms with Crippen LogP contribution in [-0.4, -0.2) is 11.3 Å². The minimum absolute atomic E-state index is 0.111. The van der Waals surface area contributed by atoms with Crippen LogP contribution >= 0.6 is 15.8 Å². The van der Waals surface area contributed by atoms with E-state index in [1.54, 1.807) is 32.9 Å². The number of hydrogen-bond donors (Lipinski definition) is 0. The first-order valence-electron chi connectivity index (χ1n) is 9.39. The fourth-order valence-corrected chi connectivity index (χ4v) is 14.4. The van der Waals surface area contributed by atoms with Crippen LogP contribution < -0.4 is 0 Å². The maximum absolute atomic E-state index is 2.53. The highest BCUT2D eigenvalue weighted by Gasteiger charge is 2.60. The topological polar surface area (TPSA) is 0 Å². The number of fused-ring (bicyclic) bond motifs is 4. The molecule has 24 heavy (non-hydrogen) atoms. The Bertz CT molecular complexity index is 738. The summed E-state index contributed by atoms with van der Waals surface area (Å²) in [4.78, 5) is 0. The van der Waals surface area contributed by atoms with Gasteiger partial charge in [-0.1, -0.05) is 50.0 Å². The maximum Gasteiger partial charge on any atom is 0.0173 e. The SMILES string of the molecule is CC1=C(C)[C@@]2(C)C(C)=C(C3=C(C)C4(C)C(C)=C(C)P3[C@@H]4C)P1C2C. The van der Waals surface area contributed by atoms with Crippen LogP contribution in [0, 0.1) is 10.8 Å². The Morgan fingerprint density at radius 3 is 1.12 bits per heavy atom. The Kier molecular flexibility index (Phi) is 3.41. The molecule has 0 fully saturated rings. The van der Waals surface area contributed by atoms with Crippen LogP contribution in [-0.2, 0) is 0 Å². The van der Waals surface area contributed by atoms with Crippen molar-refractivity contribution >= 4 is 15.8 Å². The molecule has 0 nitrogen and oxygen atoms in total. The second kappa shape index (κ2) is 4.75. The van der Waals surface area contributed by atoms with Crippen molar-refractivity contribution < 1.29 is 0 Å². The molecule has 0 aliphatic carbocycles. The largest absolute Gasteiger partial charge is 0.0589 e. The lowest BCUT2D eigenvalue weighted by Crippen LogP contribution is -2.24. The Labute approximate surface area is 151 Å². The summed E-state index contributed by atoms with van der Waals surface area (Å²) in [5.41, 5.74) is 9.04. The Morgan fingerprint density at radius 1 is 0.583 bits per heavy atom. The van der Waals surface area contributed by atoms with Crippen LogP contribution in [0.1, 0.15) is 69.2 Å². The maximum atomic E-state index is 2.53. The van der Waals surface area contributed by atoms with E-state index in [9.17, 15) is 0 Å². The van der Waals surface area contributed by atoms with E-state index in [1.165, 1.54) is 0 Å². The molecule has 4 unspecified atom stereocenters. The van der Waals surface area contributed by atoms with Crippen LogP contribution in [0.25, 0.3) is 0 Å². The van der Waals surface area contributed by atoms with Gasteiger partial charge in [-0.2, -0.15) is 0 Å². The summed E-state index contributed by atoms with van der Waals surface area (Å²) < 4.78 is 0. The normalized spacial score (nSPS) is 47.2. The molecule has 0 saturated carbocycles. The lowest BCUT2D eigenvalue weighted by Gasteiger charge is -2.33. The molecule has 4 bridgehead atoms. The minimum Gasteiger partial charge on any atom is -0.0589 e. The van der Waals surface area contributed by atoms with Gasteiger partial charge in [-0.15, -0.1) is 0 Å². The summed E-state index contributed by atoms with van der Waals surface area (Å²) in [5, 5.41) is 7.12. The zero-order chi connectivity index (χ0) is 17.9. The summed E-state index contributed by atoms with van der Waals surface area (Å²) in [6.07, 6.45) is 0. The van der Waals surface area contributed by atoms with E-state index >= 15 is 0 Å². The first-order valence-corrected chi connectivity index (χ1v) is 12.2. The van der Waals surface area contributed by atoms with Crippen LogP contribution in [0.4, 0.5) is 0 Å². The molecule has 0 amide bonds. The molecule has 4 aliphatic rings. The van der Waals surface area contributed by atoms with Gasteiger partial charge < -0.3 is 0 Å². The third-order valence-corrected chi connectivity index (χ3v) is 15.7. The summed E-state index contributed by atoms with van der Waals surface area (Å²) in [6, 6.07) is 0. The van der Waals surface area contributed by atoms with E-state index in [-0.39, 0.29) is 15.8 Å². The van der Waals surface area contributed by atoms with E-state index in [1.807, 2.05) is 10.6 Å². The summed E-state index contributed by atoms with van der Waals surface area (Å²) in [6.45, 7) is 24.7. The average Bonchev–Trinajstić information content (AvgIpc) is 3.00. The van der Waals surface area contributed by atoms with Gasteiger partial charge in [-0.05, 0) is 90.0 Å². The van der Waals surface area contributed by atoms with Crippen molar-refractivity contribution in [1.29, 1.82) is 0 Å². The quantitative estimate of drug-likeness (QED) is 0.417. The minimum atomic E-state index is -0.111. The molecule has 0 spiro atoms. The molecular formula is C22H32P2. The zero-order valence-corrected chi connectivity index (χ0v) is 18.8. The van der Waals surface area contributed by atoms with Crippen LogP contribution in [0.3, 0.4) is 0 Å². The predicted molar refractivity (Wildman–Crippen MR) is 111 cm³/mol. The third-order valence-electron chi connectivity index (χ3n) is 8.79. The van der Waals surface area contributed by atoms with E-state index in [4.69, 9.17) is 0 Å². The predicted octanol–water partition coefficient (Wildman–Crippen LogP) is 7.93. The molecule has 130 valence electrons. The van der Waals surface area contributed by atoms with Gasteiger partial charge in [0.2, 0.25) is 0 Å². The average molecular weight is 358 g/mol. The Balaban J connectivity index is 1.95. The van der Waals surface area contributed by atoms with Gasteiger partial charge in [0.25, 0.3) is 0 Å². The van der Waals surface area contributed by atoms with Gasteiger partial charge >= 0.3 is 0 Å². The molecule has 0 N–H and O–H groups in total. The fraction of sp³-hybridized carbons (Fsp3) is 0.636. The lowest BCUT2D eigenvalue weighted by molar-refractivity contribution is 0.485. The van der Waals surface area contributed by atoms with Crippen molar-refractivity contribution in [3.63, 3.8) is 0 Å². The standard InChI is InChI=1S/C22H32P2/c1-11-15(5)23-17(7)21(11,9)13(3)19(23)20-14(4)22(10)12(2)16(6)24(20)18(22)8/h17-18H,1-10H3/t17-,18?,21?,22+,23?,24?/m1/s1. The smallest absolute Gasteiger partial charge is 0.0173 e. The van der Waals surface area contributed by atoms with Crippen molar-refractivity contribution in [1.82, 2.24) is 0 Å². The van der Waals surface area contributed by atoms with E-state index in [2.05, 4.69) is 69.2 Å². The van der Waals surface area contributed by atoms with Gasteiger partial charge in [-0.25, -0.2) is 0 Å². The highest BCUT2D eigenvalue weighted by molar-refractivity contribution is 7.73. The Hall–Kier alpha value is -0.180. The van der Waals surface area contributed by atoms with Crippen LogP contribution in [0.15, 0.2) is 43.5 Å². The molecule has 0 aromatic rings. The van der Waals surface area contributed by atoms with Crippen molar-refractivity contribution in [3.05, 3.63) is 43.5 Å². The van der Waals surface area contributed by atoms with Gasteiger partial charge in [0.15, 0.2) is 0 Å². The molecule has 4 aliphatic heterocycles. The molecule has 0 aromatic heterocycles. The highest BCUT2D eigenvalue weighted by Crippen LogP contribution is 2.86. The highest BCUT2D eigenvalue weighted by atomic mass is 31.1. The van der Waals surface area contributed by atoms with Crippen molar-refractivity contribution in [2.45, 2.75) is 80.6 Å². The number of rotatable bonds is 1. The van der Waals surface area contributed by atoms with Gasteiger partial charge in [0.05, 0.1) is 0 Å². The molecule has 4 rings (SSSR count). The van der Waals surface area contributed by atoms with Crippen LogP contribution in [0.2, 0.25) is 0 Å². The van der Waals surface area contributed by atoms with Gasteiger partial charge in [0.1, 0.15) is 0 Å². The summed E-state index contributed by atoms with van der Waals surface area (Å²) >= 11 is 0. The molecular weight excluding hydrogens is 326 g/mol. The Morgan fingerprint density at radius 2 is 0.875 bits per heavy atom. The molecule has 0 radical (unpaired) electrons. The number of hydrogen-bond acceptors (Lipinski definition) is 0. The monoisotopic (exact) mass is 358 g/mol. The molecule has 0 aromatic carbocycles. The zero-order valence-electron chi connectivity index (χ0n) is 17.0. The van der Waals surface area contributed by atoms with E-state index in [0.29, 0.717) is 10.8 Å². The van der Waals surface area contributed by atoms with Crippen molar-refractivity contribution in [2.24, 2.45) is 10.8 Å². The van der Waals surface area contributed by atoms with Crippen LogP contribution in [0.5, 0.6) is 0 Å². The third kappa shape index (κ3) is 1.48. The lowest BCUT2D eigenvalue weighted by atomic mass is 9.72. The van der Waals surface area contributed by atoms with Gasteiger partial charge in [-0.3, -0.25) is 0 Å². The van der Waals surface area contributed by atoms with Crippen molar-refractivity contribution in [2.75, 3.05) is 0 Å². The fourth-order valence-electron chi connectivity index (χ4n) is 6.19. The molecule has 4 heterocycles. The van der Waals surface area contributed by atoms with E-state index < -0.39 is 0 Å². The second-order valence-corrected chi connectivity index (χ2v) is 14.1. The number of allylic oxidation sites excluding steroid dienone is 8. The van der Waals surface area contributed by atoms with Crippen molar-refractivity contribution in [3.8, 4) is 0 Å². The second-order valence-electron chi connectivity index (χ2n) is 8.86. The van der Waals surface area contributed by atoms with E-state index in [0.717, 1.165) is 11.3 Å². The molecule has 0 saturated heterocycles. The summed E-state index contributed by atoms with van der Waals surface area (Å²) in [7, 11) is -0.222. The van der Waals surface area contributed by atoms with Gasteiger partial charge in [0, 0.05) is 10.8 Å². The molecule has 6 atom stereocenters. The first-order chi connectivity index (χ1) is 11.0. The first kappa shape index (κ1) is 17.2.